The van der Waals surface area contributed by atoms with E-state index in [1.54, 1.807) is 0 Å². The number of hydrogen-bond donors (Lipinski definition) is 0. The summed E-state index contributed by atoms with van der Waals surface area (Å²) in [6.07, 6.45) is 0. The highest BCUT2D eigenvalue weighted by Gasteiger charge is 2.15. The van der Waals surface area contributed by atoms with E-state index in [-0.39, 0.29) is 0 Å². The normalized spacial score (nSPS) is 11.2. The van der Waals surface area contributed by atoms with E-state index in [9.17, 15) is 0 Å². The highest BCUT2D eigenvalue weighted by atomic mass is 32.1. The van der Waals surface area contributed by atoms with Crippen LogP contribution in [-0.4, -0.2) is 0 Å². The maximum absolute atomic E-state index is 6.08. The van der Waals surface area contributed by atoms with Crippen molar-refractivity contribution in [2.24, 2.45) is 0 Å². The van der Waals surface area contributed by atoms with Gasteiger partial charge in [-0.2, -0.15) is 0 Å². The molecule has 0 aliphatic carbocycles. The van der Waals surface area contributed by atoms with Gasteiger partial charge in [-0.25, -0.2) is 0 Å². The van der Waals surface area contributed by atoms with Crippen LogP contribution in [0.1, 0.15) is 33.4 Å². The van der Waals surface area contributed by atoms with Crippen LogP contribution in [0.3, 0.4) is 0 Å². The van der Waals surface area contributed by atoms with E-state index in [4.69, 9.17) is 17.7 Å². The van der Waals surface area contributed by atoms with Crippen molar-refractivity contribution >= 4 is 151 Å². The monoisotopic (exact) mass is 1430 g/mol. The van der Waals surface area contributed by atoms with E-state index in [1.165, 1.54) is 150 Å². The first-order chi connectivity index (χ1) is 53.0. The first-order valence-corrected chi connectivity index (χ1v) is 38.3. The van der Waals surface area contributed by atoms with Crippen molar-refractivity contribution in [1.29, 1.82) is 0 Å². The molecule has 22 rings (SSSR count). The first kappa shape index (κ1) is 68.3. The van der Waals surface area contributed by atoms with Crippen molar-refractivity contribution in [3.63, 3.8) is 0 Å². The van der Waals surface area contributed by atoms with E-state index in [0.29, 0.717) is 0 Å². The zero-order chi connectivity index (χ0) is 73.2. The lowest BCUT2D eigenvalue weighted by atomic mass is 10.0. The predicted molar refractivity (Wildman–Crippen MR) is 464 cm³/mol. The molecule has 0 spiro atoms. The van der Waals surface area contributed by atoms with Gasteiger partial charge in [0.1, 0.15) is 44.7 Å². The molecular weight excluding hydrogens is 1350 g/mol. The third kappa shape index (κ3) is 14.0. The highest BCUT2D eigenvalue weighted by Crippen LogP contribution is 2.41. The van der Waals surface area contributed by atoms with Gasteiger partial charge in [0, 0.05) is 94.6 Å². The van der Waals surface area contributed by atoms with Crippen molar-refractivity contribution < 1.29 is 17.7 Å². The van der Waals surface area contributed by atoms with Crippen LogP contribution in [0, 0.1) is 41.5 Å². The number of benzene rings is 16. The number of para-hydroxylation sites is 7. The van der Waals surface area contributed by atoms with Crippen molar-refractivity contribution in [3.05, 3.63) is 385 Å². The quantitative estimate of drug-likeness (QED) is 0.176. The molecule has 6 aromatic heterocycles. The minimum absolute atomic E-state index is 0.946. The van der Waals surface area contributed by atoms with E-state index in [1.807, 2.05) is 89.4 Å². The summed E-state index contributed by atoms with van der Waals surface area (Å²) in [4.78, 5) is 0. The molecule has 0 atom stereocenters. The maximum Gasteiger partial charge on any atom is 0.143 e. The smallest absolute Gasteiger partial charge is 0.143 e. The third-order valence-electron chi connectivity index (χ3n) is 20.1. The molecule has 0 aliphatic rings. The number of thiophene rings is 2. The van der Waals surface area contributed by atoms with E-state index in [2.05, 4.69) is 327 Å². The third-order valence-corrected chi connectivity index (χ3v) is 22.4. The minimum atomic E-state index is 0.946. The zero-order valence-electron chi connectivity index (χ0n) is 60.9. The van der Waals surface area contributed by atoms with Crippen molar-refractivity contribution in [2.75, 3.05) is 0 Å². The molecular formula is C102H76O4S2. The van der Waals surface area contributed by atoms with E-state index < -0.39 is 0 Å². The largest absolute Gasteiger partial charge is 0.456 e. The number of rotatable bonds is 4. The van der Waals surface area contributed by atoms with Gasteiger partial charge < -0.3 is 17.7 Å². The fourth-order valence-electron chi connectivity index (χ4n) is 14.6. The highest BCUT2D eigenvalue weighted by molar-refractivity contribution is 7.26. The summed E-state index contributed by atoms with van der Waals surface area (Å²) in [5.74, 6) is 0. The van der Waals surface area contributed by atoms with Gasteiger partial charge in [-0.1, -0.05) is 307 Å². The van der Waals surface area contributed by atoms with Gasteiger partial charge in [-0.15, -0.1) is 22.7 Å². The summed E-state index contributed by atoms with van der Waals surface area (Å²) in [5, 5.41) is 15.0. The lowest BCUT2D eigenvalue weighted by Gasteiger charge is -2.03. The van der Waals surface area contributed by atoms with E-state index >= 15 is 0 Å². The van der Waals surface area contributed by atoms with Gasteiger partial charge in [0.25, 0.3) is 0 Å². The molecule has 520 valence electrons. The summed E-state index contributed by atoms with van der Waals surface area (Å²) in [6.45, 7) is 12.7. The molecule has 6 heteroatoms. The van der Waals surface area contributed by atoms with Crippen LogP contribution in [0.15, 0.2) is 370 Å². The Morgan fingerprint density at radius 3 is 1.03 bits per heavy atom. The Kier molecular flexibility index (Phi) is 18.9. The Balaban J connectivity index is 0.0000000955. The first-order valence-electron chi connectivity index (χ1n) is 36.6. The number of aryl methyl sites for hydroxylation is 6. The number of hydrogen-bond acceptors (Lipinski definition) is 6. The number of fused-ring (bicyclic) bond motifs is 18. The summed E-state index contributed by atoms with van der Waals surface area (Å²) < 4.78 is 29.1. The van der Waals surface area contributed by atoms with Gasteiger partial charge in [-0.05, 0) is 153 Å². The molecule has 0 saturated heterocycles. The van der Waals surface area contributed by atoms with Gasteiger partial charge in [-0.3, -0.25) is 0 Å². The fourth-order valence-corrected chi connectivity index (χ4v) is 16.8. The maximum atomic E-state index is 6.08. The van der Waals surface area contributed by atoms with Gasteiger partial charge in [0.05, 0.1) is 0 Å². The molecule has 0 fully saturated rings. The Morgan fingerprint density at radius 2 is 0.509 bits per heavy atom. The predicted octanol–water partition coefficient (Wildman–Crippen LogP) is 31.0. The molecule has 4 nitrogen and oxygen atoms in total. The van der Waals surface area contributed by atoms with Crippen LogP contribution in [-0.2, 0) is 0 Å². The number of furan rings is 4. The Labute approximate surface area is 635 Å². The molecule has 0 unspecified atom stereocenters. The lowest BCUT2D eigenvalue weighted by Crippen LogP contribution is -1.80. The van der Waals surface area contributed by atoms with Gasteiger partial charge >= 0.3 is 0 Å². The second-order valence-corrected chi connectivity index (χ2v) is 30.0. The SMILES string of the molecule is Cc1ccc(-c2ccc3sc4ccccc4c3c2)cc1.Cc1ccc(-c2cccc3c2oc2ccccc23)cc1.Cc1ccc2oc3ccccc3c2c1.Cc1cccc(-c2ccc3sc4ccccc4c3c2)c1.Cc1cccc(-c2cccc3c2oc2ccccc23)c1.Cc1cccc2c1oc1ccccc12. The molecule has 6 heterocycles. The average Bonchev–Trinajstić information content (AvgIpc) is 1.48. The molecule has 0 saturated carbocycles. The second-order valence-electron chi connectivity index (χ2n) is 27.8. The molecule has 108 heavy (non-hydrogen) atoms. The zero-order valence-corrected chi connectivity index (χ0v) is 62.6. The molecule has 16 aromatic carbocycles. The summed E-state index contributed by atoms with van der Waals surface area (Å²) >= 11 is 3.74. The van der Waals surface area contributed by atoms with Crippen molar-refractivity contribution in [2.45, 2.75) is 41.5 Å². The lowest BCUT2D eigenvalue weighted by molar-refractivity contribution is 0.665. The van der Waals surface area contributed by atoms with E-state index in [0.717, 1.165) is 55.8 Å². The van der Waals surface area contributed by atoms with Crippen LogP contribution >= 0.6 is 22.7 Å². The topological polar surface area (TPSA) is 52.6 Å². The molecule has 0 amide bonds. The minimum Gasteiger partial charge on any atom is -0.456 e. The van der Waals surface area contributed by atoms with Crippen molar-refractivity contribution in [1.82, 2.24) is 0 Å². The molecule has 0 N–H and O–H groups in total. The van der Waals surface area contributed by atoms with Crippen LogP contribution < -0.4 is 0 Å². The summed E-state index contributed by atoms with van der Waals surface area (Å²) in [5.41, 5.74) is 25.2. The summed E-state index contributed by atoms with van der Waals surface area (Å²) in [6, 6.07) is 123. The van der Waals surface area contributed by atoms with Crippen molar-refractivity contribution in [3.8, 4) is 44.5 Å². The van der Waals surface area contributed by atoms with Crippen LogP contribution in [0.5, 0.6) is 0 Å². The van der Waals surface area contributed by atoms with Gasteiger partial charge in [0.2, 0.25) is 0 Å². The average molecular weight is 1430 g/mol. The standard InChI is InChI=1S/2C19H14O.2C19H14S.2C13H10O/c1-13-6-4-7-14(12-13)15-9-5-10-17-16-8-2-3-11-18(16)20-19(15)17;1-13-9-11-14(12-10-13)15-6-4-7-17-16-5-2-3-8-18(16)20-19(15)17;1-13-5-4-6-14(11-13)15-9-10-19-17(12-15)16-7-2-3-8-18(16)20-19;1-13-6-8-14(9-7-13)15-10-11-19-17(12-15)16-4-2-3-5-18(16)20-19;1-9-5-4-7-11-10-6-2-3-8-12(10)14-13(9)11;1-9-6-7-13-11(8-9)10-4-2-3-5-12(10)14-13/h4*2-12H,1H3;2*2-8H,1H3. The summed E-state index contributed by atoms with van der Waals surface area (Å²) in [7, 11) is 0. The molecule has 22 aromatic rings. The van der Waals surface area contributed by atoms with Crippen LogP contribution in [0.4, 0.5) is 0 Å². The fraction of sp³-hybridized carbons (Fsp3) is 0.0588. The molecule has 0 bridgehead atoms. The Morgan fingerprint density at radius 1 is 0.176 bits per heavy atom. The Bertz CT molecular complexity index is 6980. The Hall–Kier alpha value is -12.8. The van der Waals surface area contributed by atoms with Crippen LogP contribution in [0.25, 0.3) is 173 Å². The second kappa shape index (κ2) is 30.0. The molecule has 0 radical (unpaired) electrons. The van der Waals surface area contributed by atoms with Gasteiger partial charge in [0.15, 0.2) is 0 Å². The molecule has 0 aliphatic heterocycles. The van der Waals surface area contributed by atoms with Crippen LogP contribution in [0.2, 0.25) is 0 Å².